The lowest BCUT2D eigenvalue weighted by atomic mass is 10.3. The summed E-state index contributed by atoms with van der Waals surface area (Å²) in [6.45, 7) is 0. The number of H-pyrrole nitrogens is 1. The molecule has 11 heavy (non-hydrogen) atoms. The van der Waals surface area contributed by atoms with Gasteiger partial charge in [-0.05, 0) is 6.07 Å². The van der Waals surface area contributed by atoms with Crippen molar-refractivity contribution in [1.29, 1.82) is 0 Å². The lowest BCUT2D eigenvalue weighted by Gasteiger charge is -1.91. The maximum Gasteiger partial charge on any atom is 0.140 e. The maximum atomic E-state index is 5.86. The van der Waals surface area contributed by atoms with E-state index in [0.717, 1.165) is 11.0 Å². The number of nitrogens with one attached hydrogen (secondary N) is 1. The fourth-order valence-corrected chi connectivity index (χ4v) is 1.52. The number of aromatic nitrogens is 2. The highest BCUT2D eigenvalue weighted by Crippen LogP contribution is 2.27. The fraction of sp³-hybridized carbons (Fsp3) is 0. The minimum Gasteiger partial charge on any atom is -0.345 e. The van der Waals surface area contributed by atoms with Crippen LogP contribution in [-0.2, 0) is 0 Å². The molecule has 2 aromatic rings. The number of hydrogen-bond acceptors (Lipinski definition) is 1. The molecule has 0 unspecified atom stereocenters. The smallest absolute Gasteiger partial charge is 0.140 e. The van der Waals surface area contributed by atoms with Gasteiger partial charge in [0.2, 0.25) is 0 Å². The van der Waals surface area contributed by atoms with Gasteiger partial charge >= 0.3 is 0 Å². The third-order valence-electron chi connectivity index (χ3n) is 1.47. The molecular formula is C7H4Cl2N2. The first-order valence-corrected chi connectivity index (χ1v) is 3.82. The monoisotopic (exact) mass is 186 g/mol. The van der Waals surface area contributed by atoms with Crippen LogP contribution in [0.15, 0.2) is 18.5 Å². The van der Waals surface area contributed by atoms with Crippen molar-refractivity contribution in [1.82, 2.24) is 9.97 Å². The zero-order valence-corrected chi connectivity index (χ0v) is 6.95. The van der Waals surface area contributed by atoms with E-state index in [1.807, 2.05) is 0 Å². The van der Waals surface area contributed by atoms with E-state index in [1.165, 1.54) is 0 Å². The van der Waals surface area contributed by atoms with E-state index in [1.54, 1.807) is 18.5 Å². The largest absolute Gasteiger partial charge is 0.345 e. The Labute approximate surface area is 73.1 Å². The molecule has 0 aliphatic rings. The molecule has 2 nitrogen and oxygen atoms in total. The highest BCUT2D eigenvalue weighted by atomic mass is 35.5. The average molecular weight is 187 g/mol. The van der Waals surface area contributed by atoms with Crippen molar-refractivity contribution in [3.05, 3.63) is 28.5 Å². The van der Waals surface area contributed by atoms with Crippen LogP contribution in [0.4, 0.5) is 0 Å². The van der Waals surface area contributed by atoms with Crippen LogP contribution in [-0.4, -0.2) is 9.97 Å². The van der Waals surface area contributed by atoms with Crippen molar-refractivity contribution in [3.8, 4) is 0 Å². The molecule has 0 saturated carbocycles. The number of rotatable bonds is 0. The van der Waals surface area contributed by atoms with E-state index >= 15 is 0 Å². The Hall–Kier alpha value is -0.730. The minimum atomic E-state index is 0.609. The Morgan fingerprint density at radius 2 is 2.09 bits per heavy atom. The average Bonchev–Trinajstić information content (AvgIpc) is 2.34. The number of fused-ring (bicyclic) bond motifs is 1. The van der Waals surface area contributed by atoms with Crippen LogP contribution in [0.25, 0.3) is 11.0 Å². The normalized spacial score (nSPS) is 10.7. The van der Waals surface area contributed by atoms with Crippen LogP contribution in [0.3, 0.4) is 0 Å². The first-order valence-electron chi connectivity index (χ1n) is 3.06. The Balaban J connectivity index is 2.96. The highest BCUT2D eigenvalue weighted by molar-refractivity contribution is 6.41. The van der Waals surface area contributed by atoms with Gasteiger partial charge in [0.25, 0.3) is 0 Å². The van der Waals surface area contributed by atoms with Crippen molar-refractivity contribution in [3.63, 3.8) is 0 Å². The Morgan fingerprint density at radius 3 is 2.82 bits per heavy atom. The molecule has 2 heterocycles. The Morgan fingerprint density at radius 1 is 1.27 bits per heavy atom. The zero-order chi connectivity index (χ0) is 7.84. The van der Waals surface area contributed by atoms with Gasteiger partial charge in [-0.25, -0.2) is 4.98 Å². The van der Waals surface area contributed by atoms with E-state index in [2.05, 4.69) is 9.97 Å². The van der Waals surface area contributed by atoms with Crippen molar-refractivity contribution >= 4 is 34.2 Å². The summed E-state index contributed by atoms with van der Waals surface area (Å²) in [4.78, 5) is 6.94. The predicted molar refractivity (Wildman–Crippen MR) is 46.1 cm³/mol. The lowest BCUT2D eigenvalue weighted by molar-refractivity contribution is 1.33. The standard InChI is InChI=1S/C7H4Cl2N2/c8-4-1-2-10-7-6(4)5(9)3-11-7/h1-3H,(H,10,11). The van der Waals surface area contributed by atoms with Crippen LogP contribution in [0.2, 0.25) is 10.0 Å². The molecule has 2 rings (SSSR count). The van der Waals surface area contributed by atoms with Crippen molar-refractivity contribution in [2.45, 2.75) is 0 Å². The van der Waals surface area contributed by atoms with E-state index in [0.29, 0.717) is 10.0 Å². The van der Waals surface area contributed by atoms with Gasteiger partial charge in [-0.15, -0.1) is 0 Å². The molecule has 0 aliphatic heterocycles. The summed E-state index contributed by atoms with van der Waals surface area (Å²) in [6.07, 6.45) is 3.31. The van der Waals surface area contributed by atoms with Crippen LogP contribution < -0.4 is 0 Å². The van der Waals surface area contributed by atoms with E-state index in [4.69, 9.17) is 23.2 Å². The van der Waals surface area contributed by atoms with Crippen LogP contribution in [0.5, 0.6) is 0 Å². The molecule has 0 bridgehead atoms. The first-order chi connectivity index (χ1) is 5.29. The van der Waals surface area contributed by atoms with Gasteiger partial charge in [0.05, 0.1) is 15.4 Å². The van der Waals surface area contributed by atoms with Crippen molar-refractivity contribution in [2.75, 3.05) is 0 Å². The molecule has 0 fully saturated rings. The summed E-state index contributed by atoms with van der Waals surface area (Å²) in [6, 6.07) is 1.71. The van der Waals surface area contributed by atoms with E-state index < -0.39 is 0 Å². The number of aromatic amines is 1. The van der Waals surface area contributed by atoms with Gasteiger partial charge in [0.15, 0.2) is 0 Å². The summed E-state index contributed by atoms with van der Waals surface area (Å²) in [5, 5.41) is 2.02. The molecule has 1 N–H and O–H groups in total. The summed E-state index contributed by atoms with van der Waals surface area (Å²) in [5.41, 5.74) is 0.725. The molecule has 0 saturated heterocycles. The number of nitrogens with zero attached hydrogens (tertiary/aromatic N) is 1. The summed E-state index contributed by atoms with van der Waals surface area (Å²) in [7, 11) is 0. The molecular weight excluding hydrogens is 183 g/mol. The molecule has 0 aliphatic carbocycles. The van der Waals surface area contributed by atoms with Gasteiger partial charge < -0.3 is 4.98 Å². The second-order valence-electron chi connectivity index (χ2n) is 2.15. The van der Waals surface area contributed by atoms with Gasteiger partial charge in [-0.2, -0.15) is 0 Å². The summed E-state index contributed by atoms with van der Waals surface area (Å²) in [5.74, 6) is 0. The SMILES string of the molecule is Clc1ccnc2[nH]cc(Cl)c12. The second-order valence-corrected chi connectivity index (χ2v) is 2.97. The number of hydrogen-bond donors (Lipinski definition) is 1. The zero-order valence-electron chi connectivity index (χ0n) is 5.44. The predicted octanol–water partition coefficient (Wildman–Crippen LogP) is 2.87. The first kappa shape index (κ1) is 6.95. The van der Waals surface area contributed by atoms with E-state index in [-0.39, 0.29) is 0 Å². The molecule has 0 radical (unpaired) electrons. The number of halogens is 2. The van der Waals surface area contributed by atoms with Gasteiger partial charge in [-0.3, -0.25) is 0 Å². The second kappa shape index (κ2) is 2.40. The van der Waals surface area contributed by atoms with Gasteiger partial charge in [0.1, 0.15) is 5.65 Å². The van der Waals surface area contributed by atoms with Crippen molar-refractivity contribution in [2.24, 2.45) is 0 Å². The molecule has 0 spiro atoms. The summed E-state index contributed by atoms with van der Waals surface area (Å²) >= 11 is 11.7. The van der Waals surface area contributed by atoms with Crippen LogP contribution >= 0.6 is 23.2 Å². The van der Waals surface area contributed by atoms with Crippen molar-refractivity contribution < 1.29 is 0 Å². The number of pyridine rings is 1. The lowest BCUT2D eigenvalue weighted by Crippen LogP contribution is -1.74. The third kappa shape index (κ3) is 0.988. The Bertz CT molecular complexity index is 394. The summed E-state index contributed by atoms with van der Waals surface area (Å²) < 4.78 is 0. The van der Waals surface area contributed by atoms with Crippen LogP contribution in [0, 0.1) is 0 Å². The Kier molecular flexibility index (Phi) is 1.51. The fourth-order valence-electron chi connectivity index (χ4n) is 0.979. The van der Waals surface area contributed by atoms with E-state index in [9.17, 15) is 0 Å². The van der Waals surface area contributed by atoms with Gasteiger partial charge in [0, 0.05) is 12.4 Å². The minimum absolute atomic E-state index is 0.609. The molecule has 4 heteroatoms. The molecule has 0 atom stereocenters. The highest BCUT2D eigenvalue weighted by Gasteiger charge is 2.04. The molecule has 56 valence electrons. The van der Waals surface area contributed by atoms with Crippen LogP contribution in [0.1, 0.15) is 0 Å². The van der Waals surface area contributed by atoms with Gasteiger partial charge in [-0.1, -0.05) is 23.2 Å². The quantitative estimate of drug-likeness (QED) is 0.674. The topological polar surface area (TPSA) is 28.7 Å². The molecule has 0 amide bonds. The third-order valence-corrected chi connectivity index (χ3v) is 2.09. The molecule has 2 aromatic heterocycles. The maximum absolute atomic E-state index is 5.86. The molecule has 0 aromatic carbocycles.